The topological polar surface area (TPSA) is 29.1 Å². The fourth-order valence-electron chi connectivity index (χ4n) is 1.58. The normalized spacial score (nSPS) is 11.9. The van der Waals surface area contributed by atoms with Crippen molar-refractivity contribution >= 4 is 23.4 Å². The Morgan fingerprint density at radius 1 is 1.15 bits per heavy atom. The molecule has 1 amide bonds. The largest absolute Gasteiger partial charge is 0.323 e. The zero-order valence-corrected chi connectivity index (χ0v) is 11.6. The van der Waals surface area contributed by atoms with Crippen molar-refractivity contribution < 1.29 is 13.6 Å². The van der Waals surface area contributed by atoms with E-state index in [9.17, 15) is 13.6 Å². The summed E-state index contributed by atoms with van der Waals surface area (Å²) in [7, 11) is 0. The summed E-state index contributed by atoms with van der Waals surface area (Å²) in [6.45, 7) is 1.73. The zero-order chi connectivity index (χ0) is 14.5. The maximum absolute atomic E-state index is 13.4. The third-order valence-corrected chi connectivity index (χ3v) is 3.73. The smallest absolute Gasteiger partial charge is 0.237 e. The second-order valence-corrected chi connectivity index (χ2v) is 5.60. The van der Waals surface area contributed by atoms with E-state index in [4.69, 9.17) is 0 Å². The Kier molecular flexibility index (Phi) is 4.74. The van der Waals surface area contributed by atoms with Crippen molar-refractivity contribution in [2.45, 2.75) is 17.1 Å². The standard InChI is InChI=1S/C15H13F2NOS/c1-10(20-12-5-3-2-4-6-12)15(19)18-14-8-7-11(16)9-13(14)17/h2-10H,1H3,(H,18,19). The molecule has 0 saturated carbocycles. The Labute approximate surface area is 120 Å². The molecule has 5 heteroatoms. The Balaban J connectivity index is 2.01. The molecule has 0 aliphatic heterocycles. The molecule has 2 aromatic rings. The highest BCUT2D eigenvalue weighted by atomic mass is 32.2. The summed E-state index contributed by atoms with van der Waals surface area (Å²) >= 11 is 1.37. The first-order valence-electron chi connectivity index (χ1n) is 6.04. The van der Waals surface area contributed by atoms with Crippen LogP contribution in [0.15, 0.2) is 53.4 Å². The lowest BCUT2D eigenvalue weighted by Crippen LogP contribution is -2.22. The van der Waals surface area contributed by atoms with Gasteiger partial charge in [0.05, 0.1) is 10.9 Å². The lowest BCUT2D eigenvalue weighted by molar-refractivity contribution is -0.115. The molecule has 1 atom stereocenters. The summed E-state index contributed by atoms with van der Waals surface area (Å²) in [5.74, 6) is -1.79. The van der Waals surface area contributed by atoms with Crippen LogP contribution >= 0.6 is 11.8 Å². The molecule has 0 saturated heterocycles. The summed E-state index contributed by atoms with van der Waals surface area (Å²) in [6.07, 6.45) is 0. The summed E-state index contributed by atoms with van der Waals surface area (Å²) < 4.78 is 26.2. The molecule has 1 unspecified atom stereocenters. The van der Waals surface area contributed by atoms with Crippen LogP contribution in [-0.4, -0.2) is 11.2 Å². The van der Waals surface area contributed by atoms with Gasteiger partial charge >= 0.3 is 0 Å². The predicted octanol–water partition coefficient (Wildman–Crippen LogP) is 4.08. The van der Waals surface area contributed by atoms with Gasteiger partial charge in [-0.2, -0.15) is 0 Å². The molecule has 0 aromatic heterocycles. The van der Waals surface area contributed by atoms with Gasteiger partial charge in [0.25, 0.3) is 0 Å². The van der Waals surface area contributed by atoms with E-state index < -0.39 is 11.6 Å². The maximum Gasteiger partial charge on any atom is 0.237 e. The van der Waals surface area contributed by atoms with Gasteiger partial charge in [-0.15, -0.1) is 11.8 Å². The minimum Gasteiger partial charge on any atom is -0.323 e. The van der Waals surface area contributed by atoms with Crippen molar-refractivity contribution in [3.05, 3.63) is 60.2 Å². The summed E-state index contributed by atoms with van der Waals surface area (Å²) in [5, 5.41) is 2.07. The molecule has 1 N–H and O–H groups in total. The van der Waals surface area contributed by atoms with Crippen LogP contribution in [0.2, 0.25) is 0 Å². The molecule has 2 aromatic carbocycles. The van der Waals surface area contributed by atoms with Crippen LogP contribution < -0.4 is 5.32 Å². The van der Waals surface area contributed by atoms with E-state index in [-0.39, 0.29) is 16.8 Å². The molecule has 0 spiro atoms. The molecule has 20 heavy (non-hydrogen) atoms. The second-order valence-electron chi connectivity index (χ2n) is 4.19. The first-order valence-corrected chi connectivity index (χ1v) is 6.92. The molecule has 0 heterocycles. The van der Waals surface area contributed by atoms with Gasteiger partial charge in [0.2, 0.25) is 5.91 Å². The fraction of sp³-hybridized carbons (Fsp3) is 0.133. The number of hydrogen-bond acceptors (Lipinski definition) is 2. The van der Waals surface area contributed by atoms with Crippen molar-refractivity contribution in [3.63, 3.8) is 0 Å². The summed E-state index contributed by atoms with van der Waals surface area (Å²) in [6, 6.07) is 12.5. The van der Waals surface area contributed by atoms with Gasteiger partial charge in [-0.1, -0.05) is 18.2 Å². The summed E-state index contributed by atoms with van der Waals surface area (Å²) in [4.78, 5) is 12.9. The Morgan fingerprint density at radius 3 is 2.50 bits per heavy atom. The number of carbonyl (C=O) groups excluding carboxylic acids is 1. The Morgan fingerprint density at radius 2 is 1.85 bits per heavy atom. The molecule has 0 bridgehead atoms. The van der Waals surface area contributed by atoms with E-state index in [0.29, 0.717) is 0 Å². The lowest BCUT2D eigenvalue weighted by Gasteiger charge is -2.12. The first kappa shape index (κ1) is 14.5. The molecular formula is C15H13F2NOS. The highest BCUT2D eigenvalue weighted by molar-refractivity contribution is 8.00. The number of amides is 1. The van der Waals surface area contributed by atoms with Gasteiger partial charge in [-0.25, -0.2) is 8.78 Å². The van der Waals surface area contributed by atoms with Gasteiger partial charge < -0.3 is 5.32 Å². The first-order chi connectivity index (χ1) is 9.56. The number of thioether (sulfide) groups is 1. The molecule has 2 nitrogen and oxygen atoms in total. The van der Waals surface area contributed by atoms with Gasteiger partial charge in [-0.3, -0.25) is 4.79 Å². The van der Waals surface area contributed by atoms with E-state index in [1.165, 1.54) is 17.8 Å². The van der Waals surface area contributed by atoms with Crippen LogP contribution in [0.5, 0.6) is 0 Å². The van der Waals surface area contributed by atoms with Crippen LogP contribution in [0.3, 0.4) is 0 Å². The quantitative estimate of drug-likeness (QED) is 0.860. The third-order valence-electron chi connectivity index (χ3n) is 2.61. The lowest BCUT2D eigenvalue weighted by atomic mass is 10.3. The van der Waals surface area contributed by atoms with Gasteiger partial charge in [-0.05, 0) is 31.2 Å². The molecule has 104 valence electrons. The average Bonchev–Trinajstić information content (AvgIpc) is 2.43. The van der Waals surface area contributed by atoms with Crippen LogP contribution in [0.25, 0.3) is 0 Å². The number of anilines is 1. The fourth-order valence-corrected chi connectivity index (χ4v) is 2.47. The average molecular weight is 293 g/mol. The highest BCUT2D eigenvalue weighted by Gasteiger charge is 2.16. The molecule has 0 radical (unpaired) electrons. The van der Waals surface area contributed by atoms with Crippen molar-refractivity contribution in [2.75, 3.05) is 5.32 Å². The molecular weight excluding hydrogens is 280 g/mol. The van der Waals surface area contributed by atoms with Crippen molar-refractivity contribution in [1.82, 2.24) is 0 Å². The molecule has 0 fully saturated rings. The van der Waals surface area contributed by atoms with E-state index in [2.05, 4.69) is 5.32 Å². The van der Waals surface area contributed by atoms with Crippen LogP contribution in [0.4, 0.5) is 14.5 Å². The van der Waals surface area contributed by atoms with Crippen molar-refractivity contribution in [3.8, 4) is 0 Å². The number of benzene rings is 2. The van der Waals surface area contributed by atoms with E-state index in [0.717, 1.165) is 17.0 Å². The Hall–Kier alpha value is -1.88. The number of halogens is 2. The summed E-state index contributed by atoms with van der Waals surface area (Å²) in [5.41, 5.74) is -0.0167. The highest BCUT2D eigenvalue weighted by Crippen LogP contribution is 2.24. The van der Waals surface area contributed by atoms with Crippen molar-refractivity contribution in [2.24, 2.45) is 0 Å². The number of rotatable bonds is 4. The molecule has 0 aliphatic carbocycles. The van der Waals surface area contributed by atoms with Gasteiger partial charge in [0.1, 0.15) is 11.6 Å². The SMILES string of the molecule is CC(Sc1ccccc1)C(=O)Nc1ccc(F)cc1F. The van der Waals surface area contributed by atoms with E-state index >= 15 is 0 Å². The Bertz CT molecular complexity index is 604. The van der Waals surface area contributed by atoms with Crippen LogP contribution in [-0.2, 0) is 4.79 Å². The van der Waals surface area contributed by atoms with E-state index in [1.54, 1.807) is 6.92 Å². The van der Waals surface area contributed by atoms with Gasteiger partial charge in [0, 0.05) is 11.0 Å². The molecule has 2 rings (SSSR count). The zero-order valence-electron chi connectivity index (χ0n) is 10.8. The van der Waals surface area contributed by atoms with Crippen LogP contribution in [0, 0.1) is 11.6 Å². The molecule has 0 aliphatic rings. The number of nitrogens with one attached hydrogen (secondary N) is 1. The van der Waals surface area contributed by atoms with Crippen LogP contribution in [0.1, 0.15) is 6.92 Å². The van der Waals surface area contributed by atoms with E-state index in [1.807, 2.05) is 30.3 Å². The van der Waals surface area contributed by atoms with Gasteiger partial charge in [0.15, 0.2) is 0 Å². The third kappa shape index (κ3) is 3.81. The predicted molar refractivity (Wildman–Crippen MR) is 76.7 cm³/mol. The minimum atomic E-state index is -0.782. The number of hydrogen-bond donors (Lipinski definition) is 1. The van der Waals surface area contributed by atoms with Crippen molar-refractivity contribution in [1.29, 1.82) is 0 Å². The minimum absolute atomic E-state index is 0.0167. The second kappa shape index (κ2) is 6.52. The number of carbonyl (C=O) groups is 1. The monoisotopic (exact) mass is 293 g/mol. The maximum atomic E-state index is 13.4.